The average molecular weight is 369 g/mol. The maximum atomic E-state index is 13.1. The number of thiophene rings is 1. The van der Waals surface area contributed by atoms with Crippen LogP contribution in [0, 0.1) is 0 Å². The van der Waals surface area contributed by atoms with Crippen LogP contribution in [0.15, 0.2) is 47.7 Å². The summed E-state index contributed by atoms with van der Waals surface area (Å²) in [5.74, 6) is -0.380. The molecule has 2 aromatic rings. The number of carbonyl (C=O) groups excluding carboxylic acids is 2. The van der Waals surface area contributed by atoms with Gasteiger partial charge in [-0.05, 0) is 56.3 Å². The fourth-order valence-electron chi connectivity index (χ4n) is 3.18. The van der Waals surface area contributed by atoms with Crippen LogP contribution in [0.3, 0.4) is 0 Å². The lowest BCUT2D eigenvalue weighted by molar-refractivity contribution is -0.139. The first-order valence-corrected chi connectivity index (χ1v) is 9.72. The highest BCUT2D eigenvalue weighted by molar-refractivity contribution is 7.11. The Morgan fingerprint density at radius 1 is 1.15 bits per heavy atom. The second-order valence-electron chi connectivity index (χ2n) is 6.46. The molecule has 0 atom stereocenters. The molecular formula is C20H23N3O2S. The van der Waals surface area contributed by atoms with Crippen molar-refractivity contribution >= 4 is 28.7 Å². The predicted octanol–water partition coefficient (Wildman–Crippen LogP) is 3.20. The van der Waals surface area contributed by atoms with Crippen LogP contribution in [0.25, 0.3) is 5.57 Å². The lowest BCUT2D eigenvalue weighted by Gasteiger charge is -2.25. The number of aromatic nitrogens is 1. The molecule has 0 fully saturated rings. The molecule has 0 saturated heterocycles. The first-order chi connectivity index (χ1) is 12.5. The van der Waals surface area contributed by atoms with Gasteiger partial charge in [-0.25, -0.2) is 0 Å². The minimum Gasteiger partial charge on any atom is -0.366 e. The topological polar surface area (TPSA) is 53.5 Å². The molecule has 26 heavy (non-hydrogen) atoms. The van der Waals surface area contributed by atoms with Gasteiger partial charge in [0.1, 0.15) is 5.70 Å². The van der Waals surface area contributed by atoms with E-state index in [9.17, 15) is 9.59 Å². The van der Waals surface area contributed by atoms with Gasteiger partial charge in [0.25, 0.3) is 11.8 Å². The number of nitrogens with zero attached hydrogens (tertiary/aromatic N) is 3. The van der Waals surface area contributed by atoms with Crippen LogP contribution in [0.5, 0.6) is 0 Å². The minimum atomic E-state index is -0.190. The van der Waals surface area contributed by atoms with Gasteiger partial charge in [-0.15, -0.1) is 11.3 Å². The van der Waals surface area contributed by atoms with E-state index < -0.39 is 0 Å². The molecule has 0 saturated carbocycles. The highest BCUT2D eigenvalue weighted by Gasteiger charge is 2.42. The number of amides is 2. The maximum Gasteiger partial charge on any atom is 0.278 e. The summed E-state index contributed by atoms with van der Waals surface area (Å²) >= 11 is 1.49. The molecule has 0 bridgehead atoms. The van der Waals surface area contributed by atoms with Gasteiger partial charge in [0, 0.05) is 36.4 Å². The van der Waals surface area contributed by atoms with Crippen molar-refractivity contribution in [3.8, 4) is 0 Å². The lowest BCUT2D eigenvalue weighted by Crippen LogP contribution is -2.40. The third-order valence-corrected chi connectivity index (χ3v) is 5.38. The first kappa shape index (κ1) is 18.3. The summed E-state index contributed by atoms with van der Waals surface area (Å²) in [4.78, 5) is 34.3. The smallest absolute Gasteiger partial charge is 0.278 e. The van der Waals surface area contributed by atoms with Crippen LogP contribution in [0.4, 0.5) is 0 Å². The van der Waals surface area contributed by atoms with E-state index in [4.69, 9.17) is 0 Å². The van der Waals surface area contributed by atoms with E-state index in [2.05, 4.69) is 4.98 Å². The minimum absolute atomic E-state index is 0.165. The van der Waals surface area contributed by atoms with E-state index >= 15 is 0 Å². The van der Waals surface area contributed by atoms with Crippen LogP contribution in [0.1, 0.15) is 31.2 Å². The number of hydrogen-bond acceptors (Lipinski definition) is 5. The highest BCUT2D eigenvalue weighted by Crippen LogP contribution is 2.34. The summed E-state index contributed by atoms with van der Waals surface area (Å²) in [5.41, 5.74) is 2.23. The molecule has 0 N–H and O–H groups in total. The van der Waals surface area contributed by atoms with Crippen LogP contribution in [0.2, 0.25) is 0 Å². The Morgan fingerprint density at radius 3 is 2.46 bits per heavy atom. The fraction of sp³-hybridized carbons (Fsp3) is 0.350. The van der Waals surface area contributed by atoms with Gasteiger partial charge in [0.05, 0.1) is 5.57 Å². The largest absolute Gasteiger partial charge is 0.366 e. The van der Waals surface area contributed by atoms with Gasteiger partial charge in [-0.3, -0.25) is 19.5 Å². The SMILES string of the molecule is CCN(CCc1ccncc1)C1=C(c2cccs2)C(=O)N(C(C)C)C1=O. The van der Waals surface area contributed by atoms with E-state index in [0.717, 1.165) is 16.9 Å². The Morgan fingerprint density at radius 2 is 1.88 bits per heavy atom. The van der Waals surface area contributed by atoms with Gasteiger partial charge < -0.3 is 4.90 Å². The maximum absolute atomic E-state index is 13.1. The molecule has 0 spiro atoms. The van der Waals surface area contributed by atoms with Crippen molar-refractivity contribution in [1.82, 2.24) is 14.8 Å². The monoisotopic (exact) mass is 369 g/mol. The summed E-state index contributed by atoms with van der Waals surface area (Å²) in [6.45, 7) is 7.10. The second-order valence-corrected chi connectivity index (χ2v) is 7.41. The molecule has 0 unspecified atom stereocenters. The number of likely N-dealkylation sites (N-methyl/N-ethyl adjacent to an activating group) is 1. The third-order valence-electron chi connectivity index (χ3n) is 4.49. The summed E-state index contributed by atoms with van der Waals surface area (Å²) in [6, 6.07) is 7.61. The summed E-state index contributed by atoms with van der Waals surface area (Å²) in [5, 5.41) is 1.93. The normalized spacial score (nSPS) is 14.7. The van der Waals surface area contributed by atoms with Gasteiger partial charge in [0.15, 0.2) is 0 Å². The molecule has 0 aliphatic carbocycles. The van der Waals surface area contributed by atoms with Gasteiger partial charge in [0.2, 0.25) is 0 Å². The molecule has 3 heterocycles. The van der Waals surface area contributed by atoms with E-state index in [1.165, 1.54) is 16.2 Å². The van der Waals surface area contributed by atoms with Gasteiger partial charge in [-0.2, -0.15) is 0 Å². The molecule has 2 aromatic heterocycles. The van der Waals surface area contributed by atoms with E-state index in [1.807, 2.05) is 55.3 Å². The molecule has 1 aliphatic rings. The van der Waals surface area contributed by atoms with E-state index in [1.54, 1.807) is 12.4 Å². The number of hydrogen-bond donors (Lipinski definition) is 0. The Kier molecular flexibility index (Phi) is 5.52. The van der Waals surface area contributed by atoms with Gasteiger partial charge >= 0.3 is 0 Å². The van der Waals surface area contributed by atoms with Gasteiger partial charge in [-0.1, -0.05) is 6.07 Å². The summed E-state index contributed by atoms with van der Waals surface area (Å²) in [6.07, 6.45) is 4.33. The first-order valence-electron chi connectivity index (χ1n) is 8.84. The van der Waals surface area contributed by atoms with Crippen LogP contribution in [-0.4, -0.2) is 45.7 Å². The van der Waals surface area contributed by atoms with Crippen molar-refractivity contribution in [2.24, 2.45) is 0 Å². The predicted molar refractivity (Wildman–Crippen MR) is 103 cm³/mol. The van der Waals surface area contributed by atoms with Crippen molar-refractivity contribution in [2.75, 3.05) is 13.1 Å². The Bertz CT molecular complexity index is 813. The number of pyridine rings is 1. The molecule has 3 rings (SSSR count). The molecule has 0 radical (unpaired) electrons. The number of rotatable bonds is 7. The highest BCUT2D eigenvalue weighted by atomic mass is 32.1. The quantitative estimate of drug-likeness (QED) is 0.704. The summed E-state index contributed by atoms with van der Waals surface area (Å²) < 4.78 is 0. The molecule has 6 heteroatoms. The van der Waals surface area contributed by atoms with Crippen molar-refractivity contribution < 1.29 is 9.59 Å². The Labute approximate surface area is 158 Å². The molecule has 5 nitrogen and oxygen atoms in total. The van der Waals surface area contributed by atoms with Crippen molar-refractivity contribution in [3.63, 3.8) is 0 Å². The van der Waals surface area contributed by atoms with Crippen molar-refractivity contribution in [1.29, 1.82) is 0 Å². The Balaban J connectivity index is 1.95. The van der Waals surface area contributed by atoms with E-state index in [-0.39, 0.29) is 17.9 Å². The number of imide groups is 1. The van der Waals surface area contributed by atoms with Crippen LogP contribution in [-0.2, 0) is 16.0 Å². The number of carbonyl (C=O) groups is 2. The zero-order valence-electron chi connectivity index (χ0n) is 15.3. The standard InChI is InChI=1S/C20H23N3O2S/c1-4-22(12-9-15-7-10-21-11-8-15)18-17(16-6-5-13-26-16)19(24)23(14(2)3)20(18)25/h5-8,10-11,13-14H,4,9,12H2,1-3H3. The molecule has 0 aromatic carbocycles. The molecule has 2 amide bonds. The summed E-state index contributed by atoms with van der Waals surface area (Å²) in [7, 11) is 0. The average Bonchev–Trinajstić information content (AvgIpc) is 3.23. The van der Waals surface area contributed by atoms with Crippen LogP contribution >= 0.6 is 11.3 Å². The fourth-order valence-corrected chi connectivity index (χ4v) is 3.94. The second kappa shape index (κ2) is 7.83. The van der Waals surface area contributed by atoms with E-state index in [0.29, 0.717) is 24.4 Å². The Hall–Kier alpha value is -2.47. The zero-order valence-corrected chi connectivity index (χ0v) is 16.1. The van der Waals surface area contributed by atoms with Crippen LogP contribution < -0.4 is 0 Å². The van der Waals surface area contributed by atoms with Crippen molar-refractivity contribution in [3.05, 3.63) is 58.2 Å². The zero-order chi connectivity index (χ0) is 18.7. The third kappa shape index (κ3) is 3.42. The van der Waals surface area contributed by atoms with Crippen molar-refractivity contribution in [2.45, 2.75) is 33.2 Å². The molecule has 1 aliphatic heterocycles. The lowest BCUT2D eigenvalue weighted by atomic mass is 10.1. The molecule has 136 valence electrons. The molecular weight excluding hydrogens is 346 g/mol.